The van der Waals surface area contributed by atoms with Gasteiger partial charge in [-0.2, -0.15) is 4.31 Å². The van der Waals surface area contributed by atoms with Crippen LogP contribution in [0.15, 0.2) is 53.4 Å². The molecule has 2 aromatic rings. The maximum atomic E-state index is 13.3. The van der Waals surface area contributed by atoms with E-state index in [1.165, 1.54) is 48.3 Å². The van der Waals surface area contributed by atoms with Crippen LogP contribution in [0.5, 0.6) is 0 Å². The summed E-state index contributed by atoms with van der Waals surface area (Å²) in [4.78, 5) is 27.3. The number of benzene rings is 2. The zero-order chi connectivity index (χ0) is 23.9. The molecule has 0 aliphatic rings. The summed E-state index contributed by atoms with van der Waals surface area (Å²) in [5, 5.41) is 2.72. The standard InChI is InChI=1S/C23H30FN3O4S/c1-5-21(23(29)25-6-2)27(15-18-9-11-19(24)12-10-18)22(28)16-26(4)32(30,31)20-13-7-17(3)8-14-20/h7-14,21H,5-6,15-16H2,1-4H3,(H,25,29)/t21-/m0/s1. The molecule has 0 aliphatic carbocycles. The number of hydrogen-bond acceptors (Lipinski definition) is 4. The van der Waals surface area contributed by atoms with Crippen LogP contribution in [0.1, 0.15) is 31.4 Å². The molecule has 0 bridgehead atoms. The highest BCUT2D eigenvalue weighted by Crippen LogP contribution is 2.17. The SMILES string of the molecule is CCNC(=O)[C@H](CC)N(Cc1ccc(F)cc1)C(=O)CN(C)S(=O)(=O)c1ccc(C)cc1. The smallest absolute Gasteiger partial charge is 0.243 e. The number of rotatable bonds is 10. The molecule has 0 unspecified atom stereocenters. The predicted octanol–water partition coefficient (Wildman–Crippen LogP) is 2.70. The largest absolute Gasteiger partial charge is 0.355 e. The van der Waals surface area contributed by atoms with E-state index >= 15 is 0 Å². The summed E-state index contributed by atoms with van der Waals surface area (Å²) < 4.78 is 40.1. The molecule has 1 atom stereocenters. The van der Waals surface area contributed by atoms with E-state index in [1.54, 1.807) is 26.0 Å². The van der Waals surface area contributed by atoms with Gasteiger partial charge in [0.2, 0.25) is 21.8 Å². The summed E-state index contributed by atoms with van der Waals surface area (Å²) in [7, 11) is -2.56. The van der Waals surface area contributed by atoms with Crippen LogP contribution in [0.2, 0.25) is 0 Å². The second-order valence-electron chi connectivity index (χ2n) is 7.54. The number of nitrogens with one attached hydrogen (secondary N) is 1. The zero-order valence-electron chi connectivity index (χ0n) is 18.8. The Morgan fingerprint density at radius 1 is 1.03 bits per heavy atom. The molecule has 0 heterocycles. The average molecular weight is 464 g/mol. The fourth-order valence-corrected chi connectivity index (χ4v) is 4.37. The fraction of sp³-hybridized carbons (Fsp3) is 0.391. The van der Waals surface area contributed by atoms with Gasteiger partial charge >= 0.3 is 0 Å². The quantitative estimate of drug-likeness (QED) is 0.587. The van der Waals surface area contributed by atoms with Crippen molar-refractivity contribution < 1.29 is 22.4 Å². The second kappa shape index (κ2) is 11.2. The van der Waals surface area contributed by atoms with Gasteiger partial charge in [-0.05, 0) is 50.1 Å². The summed E-state index contributed by atoms with van der Waals surface area (Å²) in [6, 6.07) is 11.2. The van der Waals surface area contributed by atoms with Crippen LogP contribution in [0.25, 0.3) is 0 Å². The lowest BCUT2D eigenvalue weighted by Gasteiger charge is -2.31. The van der Waals surface area contributed by atoms with E-state index in [4.69, 9.17) is 0 Å². The van der Waals surface area contributed by atoms with Gasteiger partial charge in [0, 0.05) is 20.1 Å². The van der Waals surface area contributed by atoms with Crippen molar-refractivity contribution in [1.29, 1.82) is 0 Å². The molecule has 2 amide bonds. The van der Waals surface area contributed by atoms with Crippen molar-refractivity contribution >= 4 is 21.8 Å². The first-order valence-corrected chi connectivity index (χ1v) is 11.9. The van der Waals surface area contributed by atoms with Gasteiger partial charge in [0.1, 0.15) is 11.9 Å². The van der Waals surface area contributed by atoms with Gasteiger partial charge in [0.25, 0.3) is 0 Å². The van der Waals surface area contributed by atoms with Gasteiger partial charge in [-0.3, -0.25) is 9.59 Å². The van der Waals surface area contributed by atoms with Crippen molar-refractivity contribution in [3.05, 3.63) is 65.5 Å². The second-order valence-corrected chi connectivity index (χ2v) is 9.59. The molecular formula is C23H30FN3O4S. The molecule has 0 spiro atoms. The third-order valence-electron chi connectivity index (χ3n) is 5.09. The number of nitrogens with zero attached hydrogens (tertiary/aromatic N) is 2. The Morgan fingerprint density at radius 2 is 1.62 bits per heavy atom. The Morgan fingerprint density at radius 3 is 2.16 bits per heavy atom. The maximum absolute atomic E-state index is 13.3. The lowest BCUT2D eigenvalue weighted by molar-refractivity contribution is -0.141. The first-order valence-electron chi connectivity index (χ1n) is 10.4. The van der Waals surface area contributed by atoms with Crippen LogP contribution in [0.3, 0.4) is 0 Å². The minimum absolute atomic E-state index is 0.0488. The molecule has 174 valence electrons. The summed E-state index contributed by atoms with van der Waals surface area (Å²) >= 11 is 0. The predicted molar refractivity (Wildman–Crippen MR) is 121 cm³/mol. The normalized spacial score (nSPS) is 12.4. The summed E-state index contributed by atoms with van der Waals surface area (Å²) in [6.07, 6.45) is 0.340. The van der Waals surface area contributed by atoms with Crippen LogP contribution < -0.4 is 5.32 Å². The van der Waals surface area contributed by atoms with E-state index in [1.807, 2.05) is 6.92 Å². The van der Waals surface area contributed by atoms with Crippen LogP contribution >= 0.6 is 0 Å². The Labute approximate surface area is 189 Å². The number of hydrogen-bond donors (Lipinski definition) is 1. The van der Waals surface area contributed by atoms with Crippen molar-refractivity contribution in [3.8, 4) is 0 Å². The third kappa shape index (κ3) is 6.37. The van der Waals surface area contributed by atoms with E-state index in [9.17, 15) is 22.4 Å². The summed E-state index contributed by atoms with van der Waals surface area (Å²) in [5.74, 6) is -1.26. The minimum atomic E-state index is -3.89. The Hall–Kier alpha value is -2.78. The highest BCUT2D eigenvalue weighted by atomic mass is 32.2. The van der Waals surface area contributed by atoms with Crippen LogP contribution in [-0.2, 0) is 26.2 Å². The molecule has 9 heteroatoms. The van der Waals surface area contributed by atoms with Gasteiger partial charge < -0.3 is 10.2 Å². The van der Waals surface area contributed by atoms with Crippen molar-refractivity contribution in [2.75, 3.05) is 20.1 Å². The number of aryl methyl sites for hydroxylation is 1. The molecule has 0 fully saturated rings. The monoisotopic (exact) mass is 463 g/mol. The number of carbonyl (C=O) groups excluding carboxylic acids is 2. The zero-order valence-corrected chi connectivity index (χ0v) is 19.7. The molecule has 0 saturated carbocycles. The first-order chi connectivity index (χ1) is 15.1. The lowest BCUT2D eigenvalue weighted by Crippen LogP contribution is -2.51. The summed E-state index contributed by atoms with van der Waals surface area (Å²) in [6.45, 7) is 5.41. The van der Waals surface area contributed by atoms with E-state index in [-0.39, 0.29) is 17.3 Å². The molecule has 2 aromatic carbocycles. The highest BCUT2D eigenvalue weighted by Gasteiger charge is 2.31. The van der Waals surface area contributed by atoms with Crippen molar-refractivity contribution in [2.24, 2.45) is 0 Å². The van der Waals surface area contributed by atoms with Gasteiger partial charge in [0.05, 0.1) is 11.4 Å². The molecule has 0 aliphatic heterocycles. The number of carbonyl (C=O) groups is 2. The third-order valence-corrected chi connectivity index (χ3v) is 6.91. The average Bonchev–Trinajstić information content (AvgIpc) is 2.75. The number of likely N-dealkylation sites (N-methyl/N-ethyl adjacent to an activating group) is 2. The first kappa shape index (κ1) is 25.5. The number of sulfonamides is 1. The van der Waals surface area contributed by atoms with Gasteiger partial charge in [-0.15, -0.1) is 0 Å². The molecule has 2 rings (SSSR count). The molecule has 7 nitrogen and oxygen atoms in total. The Balaban J connectivity index is 2.30. The molecule has 0 radical (unpaired) electrons. The van der Waals surface area contributed by atoms with E-state index in [0.29, 0.717) is 18.5 Å². The van der Waals surface area contributed by atoms with Crippen molar-refractivity contribution in [2.45, 2.75) is 44.7 Å². The maximum Gasteiger partial charge on any atom is 0.243 e. The Bertz CT molecular complexity index is 1020. The number of halogens is 1. The van der Waals surface area contributed by atoms with Gasteiger partial charge in [-0.25, -0.2) is 12.8 Å². The van der Waals surface area contributed by atoms with Crippen LogP contribution in [0.4, 0.5) is 4.39 Å². The van der Waals surface area contributed by atoms with Crippen LogP contribution in [0, 0.1) is 12.7 Å². The minimum Gasteiger partial charge on any atom is -0.355 e. The molecule has 32 heavy (non-hydrogen) atoms. The van der Waals surface area contributed by atoms with Crippen molar-refractivity contribution in [3.63, 3.8) is 0 Å². The van der Waals surface area contributed by atoms with Gasteiger partial charge in [-0.1, -0.05) is 36.8 Å². The van der Waals surface area contributed by atoms with E-state index in [0.717, 1.165) is 9.87 Å². The van der Waals surface area contributed by atoms with Crippen molar-refractivity contribution in [1.82, 2.24) is 14.5 Å². The fourth-order valence-electron chi connectivity index (χ4n) is 3.25. The molecule has 0 aromatic heterocycles. The summed E-state index contributed by atoms with van der Waals surface area (Å²) in [5.41, 5.74) is 1.55. The lowest BCUT2D eigenvalue weighted by atomic mass is 10.1. The molecule has 1 N–H and O–H groups in total. The Kier molecular flexibility index (Phi) is 8.91. The van der Waals surface area contributed by atoms with E-state index < -0.39 is 34.3 Å². The van der Waals surface area contributed by atoms with E-state index in [2.05, 4.69) is 5.32 Å². The molecular weight excluding hydrogens is 433 g/mol. The van der Waals surface area contributed by atoms with Crippen LogP contribution in [-0.4, -0.2) is 55.6 Å². The number of amides is 2. The molecule has 0 saturated heterocycles. The highest BCUT2D eigenvalue weighted by molar-refractivity contribution is 7.89. The van der Waals surface area contributed by atoms with Gasteiger partial charge in [0.15, 0.2) is 0 Å². The topological polar surface area (TPSA) is 86.8 Å².